The van der Waals surface area contributed by atoms with Crippen molar-refractivity contribution >= 4 is 59.4 Å². The number of rotatable bonds is 5. The second-order valence-electron chi connectivity index (χ2n) is 7.22. The molecule has 0 bridgehead atoms. The van der Waals surface area contributed by atoms with Crippen LogP contribution in [0.3, 0.4) is 0 Å². The molecule has 1 heterocycles. The standard InChI is InChI=1S/C23H22Br2N2O/c1-14-4-3-5-21(15(14)2)26-12-18(28)13-27-22-8-6-16(24)10-19(22)20-11-17(25)7-9-23(20)27/h3-11,18,26,28H,12-13H2,1-2H3/t18-/m0/s1. The first kappa shape index (κ1) is 19.5. The summed E-state index contributed by atoms with van der Waals surface area (Å²) in [5.74, 6) is 0. The Morgan fingerprint density at radius 3 is 2.14 bits per heavy atom. The highest BCUT2D eigenvalue weighted by Crippen LogP contribution is 2.33. The molecule has 0 unspecified atom stereocenters. The lowest BCUT2D eigenvalue weighted by Crippen LogP contribution is -2.25. The summed E-state index contributed by atoms with van der Waals surface area (Å²) in [7, 11) is 0. The molecule has 3 nitrogen and oxygen atoms in total. The van der Waals surface area contributed by atoms with E-state index in [0.717, 1.165) is 25.7 Å². The fourth-order valence-corrected chi connectivity index (χ4v) is 4.41. The highest BCUT2D eigenvalue weighted by atomic mass is 79.9. The van der Waals surface area contributed by atoms with Gasteiger partial charge in [0, 0.05) is 43.0 Å². The average molecular weight is 502 g/mol. The zero-order valence-corrected chi connectivity index (χ0v) is 19.0. The quantitative estimate of drug-likeness (QED) is 0.331. The third kappa shape index (κ3) is 3.71. The number of benzene rings is 3. The molecule has 144 valence electrons. The number of fused-ring (bicyclic) bond motifs is 3. The van der Waals surface area contributed by atoms with Gasteiger partial charge < -0.3 is 15.0 Å². The number of aryl methyl sites for hydroxylation is 1. The molecule has 5 heteroatoms. The molecule has 4 rings (SSSR count). The molecule has 0 aliphatic carbocycles. The summed E-state index contributed by atoms with van der Waals surface area (Å²) >= 11 is 7.16. The van der Waals surface area contributed by atoms with Crippen molar-refractivity contribution in [3.05, 3.63) is 74.7 Å². The Balaban J connectivity index is 1.64. The topological polar surface area (TPSA) is 37.2 Å². The van der Waals surface area contributed by atoms with Crippen molar-refractivity contribution in [2.45, 2.75) is 26.5 Å². The molecular weight excluding hydrogens is 480 g/mol. The van der Waals surface area contributed by atoms with Gasteiger partial charge >= 0.3 is 0 Å². The summed E-state index contributed by atoms with van der Waals surface area (Å²) in [6.07, 6.45) is -0.508. The van der Waals surface area contributed by atoms with Crippen LogP contribution in [0.5, 0.6) is 0 Å². The second-order valence-corrected chi connectivity index (χ2v) is 9.05. The summed E-state index contributed by atoms with van der Waals surface area (Å²) in [5, 5.41) is 16.5. The van der Waals surface area contributed by atoms with Crippen molar-refractivity contribution in [2.24, 2.45) is 0 Å². The minimum absolute atomic E-state index is 0.499. The molecule has 0 saturated carbocycles. The van der Waals surface area contributed by atoms with Crippen LogP contribution in [0.4, 0.5) is 5.69 Å². The van der Waals surface area contributed by atoms with E-state index in [1.54, 1.807) is 0 Å². The molecule has 0 amide bonds. The van der Waals surface area contributed by atoms with E-state index in [1.165, 1.54) is 21.9 Å². The second kappa shape index (κ2) is 7.90. The highest BCUT2D eigenvalue weighted by Gasteiger charge is 2.15. The number of halogens is 2. The predicted octanol–water partition coefficient (Wildman–Crippen LogP) is 6.41. The first-order valence-electron chi connectivity index (χ1n) is 9.29. The Kier molecular flexibility index (Phi) is 5.50. The van der Waals surface area contributed by atoms with E-state index in [9.17, 15) is 5.11 Å². The van der Waals surface area contributed by atoms with Crippen LogP contribution < -0.4 is 5.32 Å². The number of hydrogen-bond acceptors (Lipinski definition) is 2. The van der Waals surface area contributed by atoms with E-state index in [2.05, 4.69) is 92.0 Å². The lowest BCUT2D eigenvalue weighted by molar-refractivity contribution is 0.169. The van der Waals surface area contributed by atoms with Crippen LogP contribution in [0.25, 0.3) is 21.8 Å². The number of aliphatic hydroxyl groups excluding tert-OH is 1. The molecule has 28 heavy (non-hydrogen) atoms. The van der Waals surface area contributed by atoms with Gasteiger partial charge in [-0.25, -0.2) is 0 Å². The van der Waals surface area contributed by atoms with Crippen molar-refractivity contribution in [1.82, 2.24) is 4.57 Å². The van der Waals surface area contributed by atoms with Gasteiger partial charge in [-0.1, -0.05) is 44.0 Å². The Hall–Kier alpha value is -1.82. The van der Waals surface area contributed by atoms with E-state index in [4.69, 9.17) is 0 Å². The fourth-order valence-electron chi connectivity index (χ4n) is 3.69. The zero-order valence-electron chi connectivity index (χ0n) is 15.8. The van der Waals surface area contributed by atoms with Gasteiger partial charge in [-0.15, -0.1) is 0 Å². The van der Waals surface area contributed by atoms with Crippen molar-refractivity contribution < 1.29 is 5.11 Å². The van der Waals surface area contributed by atoms with E-state index >= 15 is 0 Å². The van der Waals surface area contributed by atoms with Gasteiger partial charge in [0.15, 0.2) is 0 Å². The fraction of sp³-hybridized carbons (Fsp3) is 0.217. The van der Waals surface area contributed by atoms with Gasteiger partial charge in [-0.2, -0.15) is 0 Å². The zero-order chi connectivity index (χ0) is 19.8. The maximum Gasteiger partial charge on any atom is 0.0891 e. The van der Waals surface area contributed by atoms with Gasteiger partial charge in [0.2, 0.25) is 0 Å². The molecule has 3 aromatic carbocycles. The first-order valence-corrected chi connectivity index (χ1v) is 10.9. The third-order valence-corrected chi connectivity index (χ3v) is 6.30. The van der Waals surface area contributed by atoms with Crippen LogP contribution in [0.2, 0.25) is 0 Å². The van der Waals surface area contributed by atoms with Gasteiger partial charge in [0.25, 0.3) is 0 Å². The molecule has 0 radical (unpaired) electrons. The Morgan fingerprint density at radius 2 is 1.54 bits per heavy atom. The minimum Gasteiger partial charge on any atom is -0.389 e. The Bertz CT molecular complexity index is 1110. The smallest absolute Gasteiger partial charge is 0.0891 e. The summed E-state index contributed by atoms with van der Waals surface area (Å²) in [6, 6.07) is 18.8. The van der Waals surface area contributed by atoms with E-state index < -0.39 is 6.10 Å². The molecule has 0 spiro atoms. The maximum atomic E-state index is 10.8. The van der Waals surface area contributed by atoms with Crippen molar-refractivity contribution in [3.8, 4) is 0 Å². The summed E-state index contributed by atoms with van der Waals surface area (Å²) in [5.41, 5.74) is 5.80. The molecule has 4 aromatic rings. The summed E-state index contributed by atoms with van der Waals surface area (Å²) in [4.78, 5) is 0. The van der Waals surface area contributed by atoms with Crippen LogP contribution in [-0.4, -0.2) is 22.3 Å². The largest absolute Gasteiger partial charge is 0.389 e. The Labute approximate surface area is 181 Å². The number of hydrogen-bond donors (Lipinski definition) is 2. The molecule has 0 aliphatic rings. The normalized spacial score (nSPS) is 12.6. The van der Waals surface area contributed by atoms with Crippen LogP contribution in [0.1, 0.15) is 11.1 Å². The monoisotopic (exact) mass is 500 g/mol. The Morgan fingerprint density at radius 1 is 0.929 bits per heavy atom. The van der Waals surface area contributed by atoms with Crippen molar-refractivity contribution in [2.75, 3.05) is 11.9 Å². The third-order valence-electron chi connectivity index (χ3n) is 5.32. The molecular formula is C23H22Br2N2O. The van der Waals surface area contributed by atoms with Crippen molar-refractivity contribution in [1.29, 1.82) is 0 Å². The molecule has 1 aromatic heterocycles. The van der Waals surface area contributed by atoms with E-state index in [0.29, 0.717) is 13.1 Å². The lowest BCUT2D eigenvalue weighted by Gasteiger charge is -2.17. The van der Waals surface area contributed by atoms with Crippen LogP contribution in [-0.2, 0) is 6.54 Å². The molecule has 0 fully saturated rings. The average Bonchev–Trinajstić information content (AvgIpc) is 2.95. The van der Waals surface area contributed by atoms with Crippen LogP contribution in [0, 0.1) is 13.8 Å². The molecule has 1 atom stereocenters. The van der Waals surface area contributed by atoms with Gasteiger partial charge in [-0.3, -0.25) is 0 Å². The summed E-state index contributed by atoms with van der Waals surface area (Å²) in [6.45, 7) is 5.23. The van der Waals surface area contributed by atoms with Gasteiger partial charge in [0.1, 0.15) is 0 Å². The number of nitrogens with one attached hydrogen (secondary N) is 1. The van der Waals surface area contributed by atoms with E-state index in [-0.39, 0.29) is 0 Å². The maximum absolute atomic E-state index is 10.8. The molecule has 0 aliphatic heterocycles. The van der Waals surface area contributed by atoms with Crippen LogP contribution in [0.15, 0.2) is 63.5 Å². The van der Waals surface area contributed by atoms with Gasteiger partial charge in [0.05, 0.1) is 12.6 Å². The first-order chi connectivity index (χ1) is 13.4. The minimum atomic E-state index is -0.508. The molecule has 2 N–H and O–H groups in total. The molecule has 0 saturated heterocycles. The van der Waals surface area contributed by atoms with E-state index in [1.807, 2.05) is 18.2 Å². The number of aliphatic hydroxyl groups is 1. The summed E-state index contributed by atoms with van der Waals surface area (Å²) < 4.78 is 4.31. The SMILES string of the molecule is Cc1cccc(NC[C@H](O)Cn2c3ccc(Br)cc3c3cc(Br)ccc32)c1C. The van der Waals surface area contributed by atoms with Gasteiger partial charge in [-0.05, 0) is 67.4 Å². The number of aromatic nitrogens is 1. The number of nitrogens with zero attached hydrogens (tertiary/aromatic N) is 1. The lowest BCUT2D eigenvalue weighted by atomic mass is 10.1. The number of anilines is 1. The highest BCUT2D eigenvalue weighted by molar-refractivity contribution is 9.10. The predicted molar refractivity (Wildman–Crippen MR) is 125 cm³/mol. The van der Waals surface area contributed by atoms with Crippen LogP contribution >= 0.6 is 31.9 Å². The van der Waals surface area contributed by atoms with Crippen molar-refractivity contribution in [3.63, 3.8) is 0 Å².